The number of aliphatic hydroxyl groups is 1. The van der Waals surface area contributed by atoms with Crippen molar-refractivity contribution in [2.75, 3.05) is 40.5 Å². The Morgan fingerprint density at radius 1 is 1.30 bits per heavy atom. The number of ether oxygens (including phenoxy) is 2. The molecule has 2 rings (SSSR count). The van der Waals surface area contributed by atoms with Crippen molar-refractivity contribution in [2.45, 2.75) is 18.9 Å². The summed E-state index contributed by atoms with van der Waals surface area (Å²) in [6, 6.07) is 7.55. The fraction of sp³-hybridized carbons (Fsp3) is 0.625. The van der Waals surface area contributed by atoms with Crippen molar-refractivity contribution in [3.63, 3.8) is 0 Å². The van der Waals surface area contributed by atoms with Gasteiger partial charge in [-0.15, -0.1) is 0 Å². The number of benzene rings is 1. The van der Waals surface area contributed by atoms with Gasteiger partial charge in [0.15, 0.2) is 0 Å². The van der Waals surface area contributed by atoms with Crippen LogP contribution in [0.25, 0.3) is 0 Å². The number of aliphatic hydroxyl groups excluding tert-OH is 1. The second-order valence-corrected chi connectivity index (χ2v) is 5.57. The first-order chi connectivity index (χ1) is 9.69. The van der Waals surface area contributed by atoms with Gasteiger partial charge in [-0.1, -0.05) is 12.1 Å². The highest BCUT2D eigenvalue weighted by atomic mass is 16.5. The molecule has 0 radical (unpaired) electrons. The highest BCUT2D eigenvalue weighted by Gasteiger charge is 2.21. The minimum absolute atomic E-state index is 0.477. The second kappa shape index (κ2) is 7.62. The molecule has 1 aromatic carbocycles. The Balaban J connectivity index is 1.67. The van der Waals surface area contributed by atoms with Gasteiger partial charge in [0.25, 0.3) is 0 Å². The Kier molecular flexibility index (Phi) is 5.83. The Morgan fingerprint density at radius 3 is 2.60 bits per heavy atom. The van der Waals surface area contributed by atoms with Gasteiger partial charge in [-0.3, -0.25) is 0 Å². The predicted molar refractivity (Wildman–Crippen MR) is 79.0 cm³/mol. The highest BCUT2D eigenvalue weighted by molar-refractivity contribution is 5.28. The molecular formula is C16H25NO3. The summed E-state index contributed by atoms with van der Waals surface area (Å²) >= 11 is 0. The smallest absolute Gasteiger partial charge is 0.118 e. The van der Waals surface area contributed by atoms with Crippen LogP contribution in [0.15, 0.2) is 24.3 Å². The number of hydrogen-bond acceptors (Lipinski definition) is 4. The van der Waals surface area contributed by atoms with E-state index in [0.717, 1.165) is 37.0 Å². The molecular weight excluding hydrogens is 254 g/mol. The van der Waals surface area contributed by atoms with Gasteiger partial charge in [0.2, 0.25) is 0 Å². The van der Waals surface area contributed by atoms with Crippen molar-refractivity contribution in [3.05, 3.63) is 29.8 Å². The quantitative estimate of drug-likeness (QED) is 0.703. The number of nitrogens with zero attached hydrogens (tertiary/aromatic N) is 1. The van der Waals surface area contributed by atoms with E-state index in [1.165, 1.54) is 12.8 Å². The van der Waals surface area contributed by atoms with E-state index in [-0.39, 0.29) is 0 Å². The first-order valence-electron chi connectivity index (χ1n) is 7.27. The van der Waals surface area contributed by atoms with Gasteiger partial charge in [0.1, 0.15) is 5.75 Å². The van der Waals surface area contributed by atoms with Gasteiger partial charge in [0.05, 0.1) is 19.8 Å². The molecule has 0 aromatic heterocycles. The van der Waals surface area contributed by atoms with E-state index in [1.807, 2.05) is 31.3 Å². The van der Waals surface area contributed by atoms with E-state index < -0.39 is 6.10 Å². The van der Waals surface area contributed by atoms with Crippen LogP contribution in [0.1, 0.15) is 24.5 Å². The maximum Gasteiger partial charge on any atom is 0.118 e. The lowest BCUT2D eigenvalue weighted by atomic mass is 10.1. The molecule has 1 atom stereocenters. The average Bonchev–Trinajstić information content (AvgIpc) is 3.28. The third kappa shape index (κ3) is 5.12. The summed E-state index contributed by atoms with van der Waals surface area (Å²) in [5, 5.41) is 10.2. The molecule has 1 unspecified atom stereocenters. The molecule has 1 aliphatic carbocycles. The molecule has 1 aromatic rings. The molecule has 1 saturated carbocycles. The minimum Gasteiger partial charge on any atom is -0.497 e. The molecule has 1 fully saturated rings. The zero-order valence-electron chi connectivity index (χ0n) is 12.4. The van der Waals surface area contributed by atoms with Crippen molar-refractivity contribution in [2.24, 2.45) is 5.92 Å². The molecule has 112 valence electrons. The summed E-state index contributed by atoms with van der Waals surface area (Å²) in [7, 11) is 3.65. The molecule has 0 saturated heterocycles. The van der Waals surface area contributed by atoms with E-state index in [1.54, 1.807) is 7.11 Å². The first kappa shape index (κ1) is 15.3. The molecule has 0 heterocycles. The van der Waals surface area contributed by atoms with Crippen LogP contribution in [0.3, 0.4) is 0 Å². The first-order valence-corrected chi connectivity index (χ1v) is 7.27. The zero-order valence-corrected chi connectivity index (χ0v) is 12.4. The number of methoxy groups -OCH3 is 1. The van der Waals surface area contributed by atoms with Gasteiger partial charge in [-0.2, -0.15) is 0 Å². The Morgan fingerprint density at radius 2 is 2.00 bits per heavy atom. The minimum atomic E-state index is -0.477. The summed E-state index contributed by atoms with van der Waals surface area (Å²) in [5.74, 6) is 1.62. The predicted octanol–water partition coefficient (Wildman–Crippen LogP) is 2.09. The Bertz CT molecular complexity index is 389. The van der Waals surface area contributed by atoms with Gasteiger partial charge >= 0.3 is 0 Å². The van der Waals surface area contributed by atoms with Gasteiger partial charge in [-0.05, 0) is 43.5 Å². The third-order valence-electron chi connectivity index (χ3n) is 3.65. The van der Waals surface area contributed by atoms with Crippen LogP contribution in [0.5, 0.6) is 5.75 Å². The Hall–Kier alpha value is -1.10. The molecule has 1 N–H and O–H groups in total. The monoisotopic (exact) mass is 279 g/mol. The summed E-state index contributed by atoms with van der Waals surface area (Å²) in [5.41, 5.74) is 0.913. The summed E-state index contributed by atoms with van der Waals surface area (Å²) in [4.78, 5) is 2.10. The summed E-state index contributed by atoms with van der Waals surface area (Å²) < 4.78 is 10.7. The number of hydrogen-bond donors (Lipinski definition) is 1. The van der Waals surface area contributed by atoms with E-state index >= 15 is 0 Å². The number of likely N-dealkylation sites (N-methyl/N-ethyl adjacent to an activating group) is 1. The van der Waals surface area contributed by atoms with Crippen LogP contribution in [-0.4, -0.2) is 50.5 Å². The van der Waals surface area contributed by atoms with Crippen molar-refractivity contribution in [1.29, 1.82) is 0 Å². The van der Waals surface area contributed by atoms with Gasteiger partial charge < -0.3 is 19.5 Å². The second-order valence-electron chi connectivity index (χ2n) is 5.57. The van der Waals surface area contributed by atoms with E-state index in [9.17, 15) is 5.11 Å². The fourth-order valence-corrected chi connectivity index (χ4v) is 2.07. The maximum absolute atomic E-state index is 10.2. The molecule has 0 amide bonds. The van der Waals surface area contributed by atoms with Crippen LogP contribution in [-0.2, 0) is 4.74 Å². The molecule has 4 nitrogen and oxygen atoms in total. The zero-order chi connectivity index (χ0) is 14.4. The van der Waals surface area contributed by atoms with Crippen LogP contribution >= 0.6 is 0 Å². The van der Waals surface area contributed by atoms with E-state index in [2.05, 4.69) is 4.90 Å². The number of rotatable bonds is 9. The summed E-state index contributed by atoms with van der Waals surface area (Å²) in [6.07, 6.45) is 2.17. The van der Waals surface area contributed by atoms with Crippen molar-refractivity contribution >= 4 is 0 Å². The summed E-state index contributed by atoms with van der Waals surface area (Å²) in [6.45, 7) is 3.09. The van der Waals surface area contributed by atoms with Crippen LogP contribution in [0.4, 0.5) is 0 Å². The SMILES string of the molecule is COc1ccc(C(O)CN(C)CCOCC2CC2)cc1. The third-order valence-corrected chi connectivity index (χ3v) is 3.65. The fourth-order valence-electron chi connectivity index (χ4n) is 2.07. The van der Waals surface area contributed by atoms with Crippen molar-refractivity contribution in [3.8, 4) is 5.75 Å². The molecule has 1 aliphatic rings. The van der Waals surface area contributed by atoms with Gasteiger partial charge in [-0.25, -0.2) is 0 Å². The largest absolute Gasteiger partial charge is 0.497 e. The van der Waals surface area contributed by atoms with Crippen molar-refractivity contribution in [1.82, 2.24) is 4.90 Å². The lowest BCUT2D eigenvalue weighted by Gasteiger charge is -2.20. The lowest BCUT2D eigenvalue weighted by Crippen LogP contribution is -2.28. The lowest BCUT2D eigenvalue weighted by molar-refractivity contribution is 0.0794. The van der Waals surface area contributed by atoms with E-state index in [0.29, 0.717) is 6.54 Å². The normalized spacial score (nSPS) is 16.4. The van der Waals surface area contributed by atoms with E-state index in [4.69, 9.17) is 9.47 Å². The molecule has 0 bridgehead atoms. The van der Waals surface area contributed by atoms with Crippen LogP contribution in [0.2, 0.25) is 0 Å². The van der Waals surface area contributed by atoms with Crippen LogP contribution < -0.4 is 4.74 Å². The standard InChI is InChI=1S/C16H25NO3/c1-17(9-10-20-12-13-3-4-13)11-16(18)14-5-7-15(19-2)8-6-14/h5-8,13,16,18H,3-4,9-12H2,1-2H3. The molecule has 0 spiro atoms. The molecule has 20 heavy (non-hydrogen) atoms. The van der Waals surface area contributed by atoms with Crippen molar-refractivity contribution < 1.29 is 14.6 Å². The highest BCUT2D eigenvalue weighted by Crippen LogP contribution is 2.28. The van der Waals surface area contributed by atoms with Crippen LogP contribution in [0, 0.1) is 5.92 Å². The Labute approximate surface area is 121 Å². The average molecular weight is 279 g/mol. The van der Waals surface area contributed by atoms with Gasteiger partial charge in [0, 0.05) is 19.7 Å². The molecule has 0 aliphatic heterocycles. The topological polar surface area (TPSA) is 41.9 Å². The maximum atomic E-state index is 10.2. The molecule has 4 heteroatoms.